The number of thiocarbonyl (C=S) groups is 1. The molecule has 2 rings (SSSR count). The monoisotopic (exact) mass is 403 g/mol. The van der Waals surface area contributed by atoms with E-state index in [2.05, 4.69) is 21.8 Å². The van der Waals surface area contributed by atoms with Crippen LogP contribution in [0.3, 0.4) is 0 Å². The number of nitrogens with zero attached hydrogens (tertiary/aromatic N) is 1. The zero-order valence-corrected chi connectivity index (χ0v) is 16.4. The van der Waals surface area contributed by atoms with Crippen molar-refractivity contribution in [3.05, 3.63) is 47.0 Å². The van der Waals surface area contributed by atoms with Crippen molar-refractivity contribution in [1.82, 2.24) is 5.43 Å². The normalized spacial score (nSPS) is 10.1. The van der Waals surface area contributed by atoms with E-state index in [0.717, 1.165) is 11.4 Å². The Balaban J connectivity index is 2.01. The third-order valence-electron chi connectivity index (χ3n) is 3.26. The van der Waals surface area contributed by atoms with Gasteiger partial charge in [0.1, 0.15) is 12.4 Å². The van der Waals surface area contributed by atoms with Gasteiger partial charge < -0.3 is 19.5 Å². The Morgan fingerprint density at radius 1 is 1.30 bits per heavy atom. The molecule has 0 spiro atoms. The lowest BCUT2D eigenvalue weighted by Gasteiger charge is -2.11. The van der Waals surface area contributed by atoms with E-state index in [9.17, 15) is 0 Å². The second-order valence-corrected chi connectivity index (χ2v) is 5.90. The molecule has 2 N–H and O–H groups in total. The van der Waals surface area contributed by atoms with Crippen LogP contribution in [0.25, 0.3) is 0 Å². The summed E-state index contributed by atoms with van der Waals surface area (Å²) >= 11 is 11.4. The average Bonchev–Trinajstić information content (AvgIpc) is 2.67. The number of hydrogen-bond donors (Lipinski definition) is 2. The van der Waals surface area contributed by atoms with Crippen molar-refractivity contribution in [3.8, 4) is 29.6 Å². The van der Waals surface area contributed by atoms with E-state index >= 15 is 0 Å². The molecule has 2 aromatic rings. The summed E-state index contributed by atoms with van der Waals surface area (Å²) < 4.78 is 15.8. The minimum Gasteiger partial charge on any atom is -0.497 e. The summed E-state index contributed by atoms with van der Waals surface area (Å²) in [5, 5.41) is 7.79. The zero-order chi connectivity index (χ0) is 19.6. The summed E-state index contributed by atoms with van der Waals surface area (Å²) in [5.74, 6) is 3.95. The van der Waals surface area contributed by atoms with E-state index in [1.807, 2.05) is 24.3 Å². The maximum Gasteiger partial charge on any atom is 0.191 e. The molecule has 6 nitrogen and oxygen atoms in total. The number of anilines is 1. The number of terminal acetylenes is 1. The van der Waals surface area contributed by atoms with Crippen LogP contribution in [0.15, 0.2) is 41.5 Å². The van der Waals surface area contributed by atoms with Crippen LogP contribution in [-0.4, -0.2) is 32.2 Å². The Morgan fingerprint density at radius 3 is 2.81 bits per heavy atom. The molecule has 0 amide bonds. The highest BCUT2D eigenvalue weighted by atomic mass is 35.5. The minimum absolute atomic E-state index is 0.0925. The first-order valence-electron chi connectivity index (χ1n) is 7.75. The molecule has 0 bridgehead atoms. The van der Waals surface area contributed by atoms with Gasteiger partial charge in [0, 0.05) is 11.8 Å². The standard InChI is InChI=1S/C19H18ClN3O3S/c1-4-8-26-18-16(20)9-13(10-17(18)25-3)12-21-23-19(27)22-14-6-5-7-15(11-14)24-2/h1,5-7,9-12H,8H2,2-3H3,(H2,22,23,27)/b21-12-. The van der Waals surface area contributed by atoms with Crippen molar-refractivity contribution in [2.45, 2.75) is 0 Å². The number of nitrogens with one attached hydrogen (secondary N) is 2. The third kappa shape index (κ3) is 6.06. The number of methoxy groups -OCH3 is 2. The van der Waals surface area contributed by atoms with E-state index in [1.165, 1.54) is 7.11 Å². The fraction of sp³-hybridized carbons (Fsp3) is 0.158. The fourth-order valence-corrected chi connectivity index (χ4v) is 2.54. The van der Waals surface area contributed by atoms with Crippen molar-refractivity contribution in [3.63, 3.8) is 0 Å². The van der Waals surface area contributed by atoms with E-state index in [-0.39, 0.29) is 6.61 Å². The number of ether oxygens (including phenoxy) is 3. The molecule has 0 unspecified atom stereocenters. The molecule has 0 aromatic heterocycles. The molecular formula is C19H18ClN3O3S. The van der Waals surface area contributed by atoms with Crippen LogP contribution in [0, 0.1) is 12.3 Å². The molecule has 140 valence electrons. The van der Waals surface area contributed by atoms with Crippen LogP contribution >= 0.6 is 23.8 Å². The van der Waals surface area contributed by atoms with Gasteiger partial charge >= 0.3 is 0 Å². The molecule has 0 aliphatic rings. The second kappa shape index (κ2) is 10.3. The van der Waals surface area contributed by atoms with Gasteiger partial charge in [-0.1, -0.05) is 23.6 Å². The quantitative estimate of drug-likeness (QED) is 0.318. The molecule has 0 aliphatic carbocycles. The number of hydrogen-bond acceptors (Lipinski definition) is 5. The third-order valence-corrected chi connectivity index (χ3v) is 3.73. The Labute approximate surface area is 168 Å². The van der Waals surface area contributed by atoms with E-state index < -0.39 is 0 Å². The van der Waals surface area contributed by atoms with Gasteiger partial charge in [0.2, 0.25) is 0 Å². The zero-order valence-electron chi connectivity index (χ0n) is 14.8. The number of rotatable bonds is 7. The minimum atomic E-state index is 0.0925. The van der Waals surface area contributed by atoms with E-state index in [0.29, 0.717) is 27.2 Å². The van der Waals surface area contributed by atoms with Crippen molar-refractivity contribution in [2.75, 3.05) is 26.1 Å². The van der Waals surface area contributed by atoms with Gasteiger partial charge in [0.05, 0.1) is 25.5 Å². The van der Waals surface area contributed by atoms with Gasteiger partial charge in [-0.2, -0.15) is 5.10 Å². The average molecular weight is 404 g/mol. The summed E-state index contributed by atoms with van der Waals surface area (Å²) in [4.78, 5) is 0. The lowest BCUT2D eigenvalue weighted by Crippen LogP contribution is -2.23. The largest absolute Gasteiger partial charge is 0.497 e. The highest BCUT2D eigenvalue weighted by Crippen LogP contribution is 2.35. The smallest absolute Gasteiger partial charge is 0.191 e. The molecule has 0 atom stereocenters. The summed E-state index contributed by atoms with van der Waals surface area (Å²) in [5.41, 5.74) is 4.21. The Morgan fingerprint density at radius 2 is 2.11 bits per heavy atom. The van der Waals surface area contributed by atoms with Gasteiger partial charge in [0.25, 0.3) is 0 Å². The Kier molecular flexibility index (Phi) is 7.74. The molecule has 0 saturated carbocycles. The number of halogens is 1. The first-order valence-corrected chi connectivity index (χ1v) is 8.54. The van der Waals surface area contributed by atoms with Crippen LogP contribution in [0.2, 0.25) is 5.02 Å². The maximum atomic E-state index is 6.22. The SMILES string of the molecule is C#CCOc1c(Cl)cc(/C=N\NC(=S)Nc2cccc(OC)c2)cc1OC. The Hall–Kier alpha value is -2.95. The summed E-state index contributed by atoms with van der Waals surface area (Å²) in [7, 11) is 3.11. The molecule has 27 heavy (non-hydrogen) atoms. The van der Waals surface area contributed by atoms with Gasteiger partial charge in [-0.3, -0.25) is 5.43 Å². The lowest BCUT2D eigenvalue weighted by atomic mass is 10.2. The fourth-order valence-electron chi connectivity index (χ4n) is 2.09. The van der Waals surface area contributed by atoms with Gasteiger partial charge in [-0.25, -0.2) is 0 Å². The molecule has 2 aromatic carbocycles. The van der Waals surface area contributed by atoms with Crippen molar-refractivity contribution >= 4 is 40.8 Å². The van der Waals surface area contributed by atoms with Crippen LogP contribution in [-0.2, 0) is 0 Å². The maximum absolute atomic E-state index is 6.22. The first kappa shape index (κ1) is 20.4. The van der Waals surface area contributed by atoms with E-state index in [4.69, 9.17) is 44.5 Å². The Bertz CT molecular complexity index is 881. The number of hydrazone groups is 1. The number of benzene rings is 2. The molecule has 0 saturated heterocycles. The molecule has 0 heterocycles. The second-order valence-electron chi connectivity index (χ2n) is 5.08. The lowest BCUT2D eigenvalue weighted by molar-refractivity contribution is 0.331. The molecule has 0 aliphatic heterocycles. The van der Waals surface area contributed by atoms with E-state index in [1.54, 1.807) is 25.5 Å². The molecule has 0 fully saturated rings. The van der Waals surface area contributed by atoms with Crippen molar-refractivity contribution in [1.29, 1.82) is 0 Å². The highest BCUT2D eigenvalue weighted by molar-refractivity contribution is 7.80. The first-order chi connectivity index (χ1) is 13.1. The highest BCUT2D eigenvalue weighted by Gasteiger charge is 2.11. The molecular weight excluding hydrogens is 386 g/mol. The summed E-state index contributed by atoms with van der Waals surface area (Å²) in [6, 6.07) is 10.8. The van der Waals surface area contributed by atoms with Gasteiger partial charge in [0.15, 0.2) is 16.6 Å². The topological polar surface area (TPSA) is 64.1 Å². The predicted octanol–water partition coefficient (Wildman–Crippen LogP) is 3.69. The van der Waals surface area contributed by atoms with Crippen molar-refractivity contribution < 1.29 is 14.2 Å². The summed E-state index contributed by atoms with van der Waals surface area (Å²) in [6.45, 7) is 0.0925. The van der Waals surface area contributed by atoms with Crippen LogP contribution in [0.4, 0.5) is 5.69 Å². The predicted molar refractivity (Wildman–Crippen MR) is 112 cm³/mol. The molecule has 0 radical (unpaired) electrons. The van der Waals surface area contributed by atoms with Crippen LogP contribution in [0.1, 0.15) is 5.56 Å². The molecule has 8 heteroatoms. The van der Waals surface area contributed by atoms with Crippen molar-refractivity contribution in [2.24, 2.45) is 5.10 Å². The summed E-state index contributed by atoms with van der Waals surface area (Å²) in [6.07, 6.45) is 6.75. The van der Waals surface area contributed by atoms with Crippen LogP contribution < -0.4 is 25.0 Å². The van der Waals surface area contributed by atoms with Gasteiger partial charge in [-0.05, 0) is 42.0 Å². The van der Waals surface area contributed by atoms with Gasteiger partial charge in [-0.15, -0.1) is 6.42 Å². The van der Waals surface area contributed by atoms with Crippen LogP contribution in [0.5, 0.6) is 17.2 Å².